The van der Waals surface area contributed by atoms with E-state index in [1.807, 2.05) is 24.3 Å². The molecule has 0 spiro atoms. The van der Waals surface area contributed by atoms with Crippen molar-refractivity contribution in [1.29, 1.82) is 0 Å². The van der Waals surface area contributed by atoms with E-state index >= 15 is 0 Å². The average molecular weight is 272 g/mol. The molecule has 0 saturated carbocycles. The van der Waals surface area contributed by atoms with Crippen molar-refractivity contribution in [2.75, 3.05) is 13.4 Å². The van der Waals surface area contributed by atoms with Crippen LogP contribution in [0, 0.1) is 0 Å². The van der Waals surface area contributed by atoms with Gasteiger partial charge < -0.3 is 4.74 Å². The maximum Gasteiger partial charge on any atom is 0.151 e. The largest absolute Gasteiger partial charge is 0.496 e. The number of para-hydroxylation sites is 1. The lowest BCUT2D eigenvalue weighted by atomic mass is 10.0. The molecule has 5 nitrogen and oxygen atoms in total. The fourth-order valence-corrected chi connectivity index (χ4v) is 2.54. The van der Waals surface area contributed by atoms with Crippen LogP contribution >= 0.6 is 0 Å². The Morgan fingerprint density at radius 2 is 2.00 bits per heavy atom. The number of sulfone groups is 1. The number of methoxy groups -OCH3 is 1. The second-order valence-corrected chi connectivity index (χ2v) is 6.73. The Kier molecular flexibility index (Phi) is 5.13. The van der Waals surface area contributed by atoms with Crippen LogP contribution in [0.3, 0.4) is 0 Å². The van der Waals surface area contributed by atoms with Gasteiger partial charge in [-0.3, -0.25) is 11.3 Å². The SMILES string of the molecule is COc1ccccc1CC(NN)C(C)S(C)(=O)=O. The summed E-state index contributed by atoms with van der Waals surface area (Å²) in [4.78, 5) is 0. The fourth-order valence-electron chi connectivity index (χ4n) is 1.77. The van der Waals surface area contributed by atoms with Crippen molar-refractivity contribution in [3.63, 3.8) is 0 Å². The molecule has 18 heavy (non-hydrogen) atoms. The first-order valence-electron chi connectivity index (χ1n) is 5.67. The monoisotopic (exact) mass is 272 g/mol. The van der Waals surface area contributed by atoms with E-state index in [1.165, 1.54) is 6.26 Å². The van der Waals surface area contributed by atoms with Gasteiger partial charge in [-0.1, -0.05) is 18.2 Å². The Labute approximate surface area is 108 Å². The molecular formula is C12H20N2O3S. The highest BCUT2D eigenvalue weighted by atomic mass is 32.2. The van der Waals surface area contributed by atoms with E-state index in [2.05, 4.69) is 5.43 Å². The van der Waals surface area contributed by atoms with Gasteiger partial charge in [0.2, 0.25) is 0 Å². The highest BCUT2D eigenvalue weighted by Gasteiger charge is 2.25. The van der Waals surface area contributed by atoms with Gasteiger partial charge in [0.1, 0.15) is 5.75 Å². The third-order valence-electron chi connectivity index (χ3n) is 3.09. The van der Waals surface area contributed by atoms with Crippen molar-refractivity contribution in [2.45, 2.75) is 24.6 Å². The molecule has 0 aliphatic carbocycles. The Balaban J connectivity index is 2.93. The molecule has 0 saturated heterocycles. The zero-order chi connectivity index (χ0) is 13.8. The first-order valence-corrected chi connectivity index (χ1v) is 7.62. The van der Waals surface area contributed by atoms with Crippen LogP contribution in [0.15, 0.2) is 24.3 Å². The molecule has 0 aromatic heterocycles. The van der Waals surface area contributed by atoms with Crippen molar-refractivity contribution >= 4 is 9.84 Å². The van der Waals surface area contributed by atoms with Gasteiger partial charge in [-0.2, -0.15) is 0 Å². The smallest absolute Gasteiger partial charge is 0.151 e. The van der Waals surface area contributed by atoms with Gasteiger partial charge in [0.05, 0.1) is 12.4 Å². The number of hydrogen-bond acceptors (Lipinski definition) is 5. The van der Waals surface area contributed by atoms with E-state index in [9.17, 15) is 8.42 Å². The molecule has 102 valence electrons. The van der Waals surface area contributed by atoms with Crippen molar-refractivity contribution in [2.24, 2.45) is 5.84 Å². The maximum atomic E-state index is 11.5. The van der Waals surface area contributed by atoms with Gasteiger partial charge in [0, 0.05) is 12.3 Å². The van der Waals surface area contributed by atoms with Crippen LogP contribution in [0.25, 0.3) is 0 Å². The number of ether oxygens (including phenoxy) is 1. The van der Waals surface area contributed by atoms with Crippen molar-refractivity contribution < 1.29 is 13.2 Å². The van der Waals surface area contributed by atoms with Gasteiger partial charge in [-0.15, -0.1) is 0 Å². The third kappa shape index (κ3) is 3.69. The van der Waals surface area contributed by atoms with Gasteiger partial charge >= 0.3 is 0 Å². The van der Waals surface area contributed by atoms with Crippen molar-refractivity contribution in [3.05, 3.63) is 29.8 Å². The van der Waals surface area contributed by atoms with Crippen LogP contribution in [0.4, 0.5) is 0 Å². The molecule has 0 aliphatic heterocycles. The molecule has 0 fully saturated rings. The summed E-state index contributed by atoms with van der Waals surface area (Å²) >= 11 is 0. The second-order valence-electron chi connectivity index (χ2n) is 4.32. The summed E-state index contributed by atoms with van der Waals surface area (Å²) in [5, 5.41) is -0.563. The first kappa shape index (κ1) is 14.9. The number of nitrogens with two attached hydrogens (primary N) is 1. The van der Waals surface area contributed by atoms with Gasteiger partial charge in [0.25, 0.3) is 0 Å². The molecule has 0 heterocycles. The number of hydrazine groups is 1. The van der Waals surface area contributed by atoms with E-state index < -0.39 is 15.1 Å². The molecule has 0 aliphatic rings. The molecule has 1 aromatic rings. The summed E-state index contributed by atoms with van der Waals surface area (Å²) in [5.41, 5.74) is 3.50. The molecular weight excluding hydrogens is 252 g/mol. The minimum atomic E-state index is -3.14. The van der Waals surface area contributed by atoms with Crippen LogP contribution in [-0.2, 0) is 16.3 Å². The van der Waals surface area contributed by atoms with E-state index in [-0.39, 0.29) is 6.04 Å². The Bertz CT molecular complexity index is 488. The zero-order valence-corrected chi connectivity index (χ0v) is 11.7. The summed E-state index contributed by atoms with van der Waals surface area (Å²) in [6.07, 6.45) is 1.71. The molecule has 6 heteroatoms. The molecule has 3 N–H and O–H groups in total. The summed E-state index contributed by atoms with van der Waals surface area (Å²) < 4.78 is 28.3. The maximum absolute atomic E-state index is 11.5. The Morgan fingerprint density at radius 3 is 2.50 bits per heavy atom. The van der Waals surface area contributed by atoms with E-state index in [1.54, 1.807) is 14.0 Å². The predicted molar refractivity (Wildman–Crippen MR) is 72.1 cm³/mol. The lowest BCUT2D eigenvalue weighted by Gasteiger charge is -2.22. The van der Waals surface area contributed by atoms with Crippen molar-refractivity contribution in [1.82, 2.24) is 5.43 Å². The van der Waals surface area contributed by atoms with Crippen LogP contribution in [-0.4, -0.2) is 33.1 Å². The summed E-state index contributed by atoms with van der Waals surface area (Å²) in [7, 11) is -1.55. The topological polar surface area (TPSA) is 81.4 Å². The molecule has 1 aromatic carbocycles. The molecule has 0 radical (unpaired) electrons. The minimum Gasteiger partial charge on any atom is -0.496 e. The number of hydrogen-bond donors (Lipinski definition) is 2. The molecule has 2 unspecified atom stereocenters. The first-order chi connectivity index (χ1) is 8.40. The van der Waals surface area contributed by atoms with Gasteiger partial charge in [-0.05, 0) is 25.0 Å². The van der Waals surface area contributed by atoms with Gasteiger partial charge in [-0.25, -0.2) is 8.42 Å². The van der Waals surface area contributed by atoms with Crippen LogP contribution in [0.2, 0.25) is 0 Å². The highest BCUT2D eigenvalue weighted by Crippen LogP contribution is 2.20. The van der Waals surface area contributed by atoms with Crippen LogP contribution in [0.1, 0.15) is 12.5 Å². The highest BCUT2D eigenvalue weighted by molar-refractivity contribution is 7.91. The summed E-state index contributed by atoms with van der Waals surface area (Å²) in [6, 6.07) is 7.15. The molecule has 0 bridgehead atoms. The standard InChI is InChI=1S/C12H20N2O3S/c1-9(18(3,15)16)11(14-13)8-10-6-4-5-7-12(10)17-2/h4-7,9,11,14H,8,13H2,1-3H3. The third-order valence-corrected chi connectivity index (χ3v) is 4.77. The number of benzene rings is 1. The lowest BCUT2D eigenvalue weighted by Crippen LogP contribution is -2.47. The minimum absolute atomic E-state index is 0.351. The second kappa shape index (κ2) is 6.17. The Morgan fingerprint density at radius 1 is 1.39 bits per heavy atom. The van der Waals surface area contributed by atoms with Gasteiger partial charge in [0.15, 0.2) is 9.84 Å². The average Bonchev–Trinajstić information content (AvgIpc) is 2.34. The number of nitrogens with one attached hydrogen (secondary N) is 1. The van der Waals surface area contributed by atoms with Crippen LogP contribution < -0.4 is 16.0 Å². The lowest BCUT2D eigenvalue weighted by molar-refractivity contribution is 0.404. The molecule has 1 rings (SSSR count). The Hall–Kier alpha value is -1.11. The normalized spacial score (nSPS) is 15.1. The molecule has 2 atom stereocenters. The van der Waals surface area contributed by atoms with E-state index in [4.69, 9.17) is 10.6 Å². The molecule has 0 amide bonds. The number of rotatable bonds is 6. The van der Waals surface area contributed by atoms with Crippen molar-refractivity contribution in [3.8, 4) is 5.75 Å². The quantitative estimate of drug-likeness (QED) is 0.582. The van der Waals surface area contributed by atoms with Crippen LogP contribution in [0.5, 0.6) is 5.75 Å². The summed E-state index contributed by atoms with van der Waals surface area (Å²) in [6.45, 7) is 1.65. The fraction of sp³-hybridized carbons (Fsp3) is 0.500. The summed E-state index contributed by atoms with van der Waals surface area (Å²) in [5.74, 6) is 6.19. The van der Waals surface area contributed by atoms with E-state index in [0.717, 1.165) is 11.3 Å². The predicted octanol–water partition coefficient (Wildman–Crippen LogP) is 0.503. The zero-order valence-electron chi connectivity index (χ0n) is 10.9. The van der Waals surface area contributed by atoms with E-state index in [0.29, 0.717) is 6.42 Å².